The van der Waals surface area contributed by atoms with Gasteiger partial charge < -0.3 is 9.22 Å². The molecule has 4 aliphatic rings. The van der Waals surface area contributed by atoms with Crippen LogP contribution in [-0.4, -0.2) is 53.5 Å². The number of rotatable bonds is 8. The lowest BCUT2D eigenvalue weighted by atomic mass is 9.74. The molecule has 0 amide bonds. The van der Waals surface area contributed by atoms with Gasteiger partial charge in [-0.3, -0.25) is 14.6 Å². The van der Waals surface area contributed by atoms with Gasteiger partial charge in [0.05, 0.1) is 25.0 Å². The fourth-order valence-electron chi connectivity index (χ4n) is 6.85. The Kier molecular flexibility index (Phi) is 7.33. The normalized spacial score (nSPS) is 27.7. The topological polar surface area (TPSA) is 56.3 Å². The van der Waals surface area contributed by atoms with Crippen LogP contribution in [0.1, 0.15) is 80.3 Å². The van der Waals surface area contributed by atoms with Gasteiger partial charge in [-0.25, -0.2) is 0 Å². The molecule has 186 valence electrons. The van der Waals surface area contributed by atoms with Gasteiger partial charge in [0.25, 0.3) is 0 Å². The second-order valence-corrected chi connectivity index (χ2v) is 11.1. The van der Waals surface area contributed by atoms with E-state index in [1.54, 1.807) is 12.3 Å². The second kappa shape index (κ2) is 10.6. The van der Waals surface area contributed by atoms with E-state index in [0.717, 1.165) is 81.2 Å². The van der Waals surface area contributed by atoms with E-state index < -0.39 is 5.41 Å². The number of carbonyl (C=O) groups is 2. The summed E-state index contributed by atoms with van der Waals surface area (Å²) in [5.41, 5.74) is 1.19. The van der Waals surface area contributed by atoms with Gasteiger partial charge in [0, 0.05) is 37.8 Å². The molecule has 35 heavy (non-hydrogen) atoms. The van der Waals surface area contributed by atoms with Crippen molar-refractivity contribution < 1.29 is 18.8 Å². The number of esters is 1. The largest absolute Gasteiger partial charge is 0.455 e. The number of Topliss-reactive ketones (excluding diaryl/α,β-unsaturated/α-hetero) is 1. The Bertz CT molecular complexity index is 991. The Labute approximate surface area is 209 Å². The third-order valence-electron chi connectivity index (χ3n) is 8.96. The summed E-state index contributed by atoms with van der Waals surface area (Å²) in [4.78, 5) is 30.6. The second-order valence-electron chi connectivity index (χ2n) is 11.1. The molecule has 5 heteroatoms. The lowest BCUT2D eigenvalue weighted by Gasteiger charge is -2.52. The SMILES string of the molecule is O=C(CCC[N+]12CCC(CC1)[C@@H](OC(=O)C1(c3ccccc3)CCCCCC1)C2)c1ccccn1. The zero-order chi connectivity index (χ0) is 24.1. The molecule has 1 aliphatic carbocycles. The van der Waals surface area contributed by atoms with Gasteiger partial charge in [-0.1, -0.05) is 62.1 Å². The van der Waals surface area contributed by atoms with Gasteiger partial charge in [-0.15, -0.1) is 0 Å². The van der Waals surface area contributed by atoms with E-state index in [1.165, 1.54) is 12.8 Å². The van der Waals surface area contributed by atoms with Gasteiger partial charge in [-0.2, -0.15) is 0 Å². The van der Waals surface area contributed by atoms with Crippen LogP contribution < -0.4 is 0 Å². The highest BCUT2D eigenvalue weighted by atomic mass is 16.5. The Balaban J connectivity index is 1.24. The van der Waals surface area contributed by atoms with Crippen molar-refractivity contribution in [2.45, 2.75) is 75.7 Å². The lowest BCUT2D eigenvalue weighted by Crippen LogP contribution is -2.65. The van der Waals surface area contributed by atoms with E-state index >= 15 is 0 Å². The molecular formula is C30H39N2O3+. The monoisotopic (exact) mass is 475 g/mol. The van der Waals surface area contributed by atoms with Gasteiger partial charge in [0.2, 0.25) is 0 Å². The lowest BCUT2D eigenvalue weighted by molar-refractivity contribution is -0.946. The molecule has 5 nitrogen and oxygen atoms in total. The smallest absolute Gasteiger partial charge is 0.317 e. The third kappa shape index (κ3) is 5.20. The molecular weight excluding hydrogens is 436 g/mol. The first-order valence-corrected chi connectivity index (χ1v) is 13.7. The number of ether oxygens (including phenoxy) is 1. The molecule has 3 aliphatic heterocycles. The number of benzene rings is 1. The highest BCUT2D eigenvalue weighted by Crippen LogP contribution is 2.42. The molecule has 3 saturated heterocycles. The van der Waals surface area contributed by atoms with Crippen molar-refractivity contribution in [3.05, 3.63) is 66.0 Å². The molecule has 0 N–H and O–H groups in total. The van der Waals surface area contributed by atoms with Gasteiger partial charge in [0.1, 0.15) is 12.2 Å². The standard InChI is InChI=1S/C30H39N2O3/c33-27(26-13-6-9-19-31-26)14-10-20-32-21-15-24(16-22-32)28(23-32)35-29(34)30(17-7-1-2-8-18-30)25-11-4-3-5-12-25/h3-6,9,11-13,19,24,28H,1-2,7-8,10,14-18,20-23H2/q+1/t24?,28-,32?/m0/s1. The van der Waals surface area contributed by atoms with E-state index in [0.29, 0.717) is 18.0 Å². The van der Waals surface area contributed by atoms with E-state index in [4.69, 9.17) is 4.74 Å². The molecule has 2 aromatic rings. The van der Waals surface area contributed by atoms with E-state index in [2.05, 4.69) is 29.2 Å². The molecule has 0 unspecified atom stereocenters. The van der Waals surface area contributed by atoms with Crippen LogP contribution in [0.3, 0.4) is 0 Å². The molecule has 6 rings (SSSR count). The van der Waals surface area contributed by atoms with Crippen LogP contribution in [0.25, 0.3) is 0 Å². The van der Waals surface area contributed by atoms with Crippen LogP contribution in [0.5, 0.6) is 0 Å². The quantitative estimate of drug-likeness (QED) is 0.219. The summed E-state index contributed by atoms with van der Waals surface area (Å²) >= 11 is 0. The number of piperidine rings is 3. The number of fused-ring (bicyclic) bond motifs is 3. The van der Waals surface area contributed by atoms with Crippen LogP contribution in [-0.2, 0) is 14.9 Å². The zero-order valence-electron chi connectivity index (χ0n) is 20.9. The number of ketones is 1. The average Bonchev–Trinajstić information content (AvgIpc) is 3.17. The molecule has 2 bridgehead atoms. The molecule has 0 radical (unpaired) electrons. The first-order chi connectivity index (χ1) is 17.1. The van der Waals surface area contributed by atoms with Crippen molar-refractivity contribution >= 4 is 11.8 Å². The first-order valence-electron chi connectivity index (χ1n) is 13.7. The predicted molar refractivity (Wildman–Crippen MR) is 136 cm³/mol. The summed E-state index contributed by atoms with van der Waals surface area (Å²) in [6.45, 7) is 4.16. The molecule has 0 spiro atoms. The average molecular weight is 476 g/mol. The minimum atomic E-state index is -0.496. The number of carbonyl (C=O) groups excluding carboxylic acids is 2. The number of hydrogen-bond donors (Lipinski definition) is 0. The molecule has 1 saturated carbocycles. The summed E-state index contributed by atoms with van der Waals surface area (Å²) in [7, 11) is 0. The zero-order valence-corrected chi connectivity index (χ0v) is 20.9. The van der Waals surface area contributed by atoms with Crippen LogP contribution in [0.4, 0.5) is 0 Å². The number of nitrogens with zero attached hydrogens (tertiary/aromatic N) is 2. The van der Waals surface area contributed by atoms with Crippen LogP contribution in [0, 0.1) is 5.92 Å². The Hall–Kier alpha value is -2.53. The van der Waals surface area contributed by atoms with Crippen molar-refractivity contribution in [3.63, 3.8) is 0 Å². The van der Waals surface area contributed by atoms with Crippen LogP contribution in [0.2, 0.25) is 0 Å². The number of aromatic nitrogens is 1. The van der Waals surface area contributed by atoms with E-state index in [9.17, 15) is 9.59 Å². The Morgan fingerprint density at radius 3 is 2.34 bits per heavy atom. The number of hydrogen-bond acceptors (Lipinski definition) is 4. The maximum absolute atomic E-state index is 13.9. The van der Waals surface area contributed by atoms with Crippen molar-refractivity contribution in [2.75, 3.05) is 26.2 Å². The van der Waals surface area contributed by atoms with Gasteiger partial charge in [0.15, 0.2) is 11.9 Å². The third-order valence-corrected chi connectivity index (χ3v) is 8.96. The summed E-state index contributed by atoms with van der Waals surface area (Å²) < 4.78 is 7.46. The molecule has 1 atom stereocenters. The highest BCUT2D eigenvalue weighted by Gasteiger charge is 2.50. The summed E-state index contributed by atoms with van der Waals surface area (Å²) in [5.74, 6) is 0.609. The highest BCUT2D eigenvalue weighted by molar-refractivity contribution is 5.94. The van der Waals surface area contributed by atoms with Crippen LogP contribution >= 0.6 is 0 Å². The van der Waals surface area contributed by atoms with Crippen molar-refractivity contribution in [1.82, 2.24) is 4.98 Å². The fourth-order valence-corrected chi connectivity index (χ4v) is 6.85. The molecule has 4 fully saturated rings. The maximum atomic E-state index is 13.9. The Morgan fingerprint density at radius 2 is 1.66 bits per heavy atom. The van der Waals surface area contributed by atoms with E-state index in [1.807, 2.05) is 18.2 Å². The minimum absolute atomic E-state index is 0.000307. The molecule has 4 heterocycles. The summed E-state index contributed by atoms with van der Waals surface area (Å²) in [6, 6.07) is 15.9. The summed E-state index contributed by atoms with van der Waals surface area (Å²) in [6.07, 6.45) is 11.7. The van der Waals surface area contributed by atoms with Gasteiger partial charge >= 0.3 is 5.97 Å². The maximum Gasteiger partial charge on any atom is 0.317 e. The fraction of sp³-hybridized carbons (Fsp3) is 0.567. The van der Waals surface area contributed by atoms with Crippen molar-refractivity contribution in [1.29, 1.82) is 0 Å². The molecule has 1 aromatic carbocycles. The van der Waals surface area contributed by atoms with E-state index in [-0.39, 0.29) is 17.9 Å². The Morgan fingerprint density at radius 1 is 0.943 bits per heavy atom. The predicted octanol–water partition coefficient (Wildman–Crippen LogP) is 5.49. The molecule has 1 aromatic heterocycles. The first kappa shape index (κ1) is 24.2. The minimum Gasteiger partial charge on any atom is -0.455 e. The van der Waals surface area contributed by atoms with Gasteiger partial charge in [-0.05, 0) is 30.5 Å². The van der Waals surface area contributed by atoms with Crippen LogP contribution in [0.15, 0.2) is 54.7 Å². The number of pyridine rings is 1. The summed E-state index contributed by atoms with van der Waals surface area (Å²) in [5, 5.41) is 0. The van der Waals surface area contributed by atoms with Crippen molar-refractivity contribution in [3.8, 4) is 0 Å². The number of quaternary nitrogens is 1. The van der Waals surface area contributed by atoms with Crippen molar-refractivity contribution in [2.24, 2.45) is 5.92 Å².